The number of ether oxygens (including phenoxy) is 1. The normalized spacial score (nSPS) is 15.7. The zero-order valence-electron chi connectivity index (χ0n) is 15.1. The molecule has 1 aliphatic heterocycles. The van der Waals surface area contributed by atoms with Gasteiger partial charge in [0.05, 0.1) is 6.42 Å². The van der Waals surface area contributed by atoms with Crippen LogP contribution in [0.2, 0.25) is 0 Å². The van der Waals surface area contributed by atoms with Crippen LogP contribution in [0.3, 0.4) is 0 Å². The van der Waals surface area contributed by atoms with Gasteiger partial charge in [0.2, 0.25) is 5.91 Å². The van der Waals surface area contributed by atoms with E-state index < -0.39 is 6.36 Å². The molecule has 0 spiro atoms. The monoisotopic (exact) mass is 394 g/mol. The number of carbonyl (C=O) groups is 1. The molecule has 1 aromatic rings. The van der Waals surface area contributed by atoms with Gasteiger partial charge in [-0.15, -0.1) is 25.6 Å². The molecule has 1 aromatic carbocycles. The molecule has 1 heterocycles. The lowest BCUT2D eigenvalue weighted by molar-refractivity contribution is -0.274. The van der Waals surface area contributed by atoms with Crippen LogP contribution < -0.4 is 4.74 Å². The predicted molar refractivity (Wildman–Crippen MR) is 96.6 cm³/mol. The lowest BCUT2D eigenvalue weighted by atomic mass is 10.1. The van der Waals surface area contributed by atoms with E-state index in [4.69, 9.17) is 0 Å². The molecule has 148 valence electrons. The Bertz CT molecular complexity index is 555. The van der Waals surface area contributed by atoms with Crippen molar-refractivity contribution >= 4 is 18.3 Å². The average molecular weight is 395 g/mol. The summed E-state index contributed by atoms with van der Waals surface area (Å²) in [7, 11) is 0. The fraction of sp³-hybridized carbons (Fsp3) is 0.611. The maximum absolute atomic E-state index is 12.4. The number of halogens is 4. The fourth-order valence-corrected chi connectivity index (χ4v) is 3.24. The molecule has 0 bridgehead atoms. The molecule has 4 nitrogen and oxygen atoms in total. The van der Waals surface area contributed by atoms with E-state index in [0.29, 0.717) is 24.7 Å². The van der Waals surface area contributed by atoms with E-state index in [2.05, 4.69) is 23.5 Å². The summed E-state index contributed by atoms with van der Waals surface area (Å²) in [6, 6.07) is 6.04. The molecule has 1 fully saturated rings. The third kappa shape index (κ3) is 6.68. The summed E-state index contributed by atoms with van der Waals surface area (Å²) < 4.78 is 40.3. The number of rotatable bonds is 6. The first-order valence-electron chi connectivity index (χ1n) is 8.69. The molecule has 1 aliphatic rings. The van der Waals surface area contributed by atoms with Crippen molar-refractivity contribution in [2.24, 2.45) is 0 Å². The highest BCUT2D eigenvalue weighted by molar-refractivity contribution is 5.85. The molecule has 0 N–H and O–H groups in total. The Morgan fingerprint density at radius 1 is 1.08 bits per heavy atom. The van der Waals surface area contributed by atoms with Crippen molar-refractivity contribution in [1.82, 2.24) is 9.80 Å². The highest BCUT2D eigenvalue weighted by Gasteiger charge is 2.31. The fourth-order valence-electron chi connectivity index (χ4n) is 3.24. The van der Waals surface area contributed by atoms with E-state index in [9.17, 15) is 18.0 Å². The minimum Gasteiger partial charge on any atom is -0.406 e. The Balaban J connectivity index is 0.00000338. The molecule has 0 atom stereocenters. The molecule has 26 heavy (non-hydrogen) atoms. The van der Waals surface area contributed by atoms with Gasteiger partial charge in [0, 0.05) is 32.2 Å². The van der Waals surface area contributed by atoms with Crippen LogP contribution in [0.5, 0.6) is 5.75 Å². The van der Waals surface area contributed by atoms with Crippen molar-refractivity contribution in [3.05, 3.63) is 29.8 Å². The van der Waals surface area contributed by atoms with Crippen molar-refractivity contribution < 1.29 is 22.7 Å². The first-order valence-corrected chi connectivity index (χ1v) is 8.69. The van der Waals surface area contributed by atoms with Crippen LogP contribution in [0, 0.1) is 0 Å². The molecule has 8 heteroatoms. The first kappa shape index (κ1) is 22.6. The number of hydrogen-bond acceptors (Lipinski definition) is 3. The summed E-state index contributed by atoms with van der Waals surface area (Å²) in [5.74, 6) is -0.267. The second-order valence-corrected chi connectivity index (χ2v) is 6.26. The highest BCUT2D eigenvalue weighted by Crippen LogP contribution is 2.23. The van der Waals surface area contributed by atoms with E-state index in [1.807, 2.05) is 4.90 Å². The summed E-state index contributed by atoms with van der Waals surface area (Å²) in [6.07, 6.45) is -2.29. The molecule has 0 saturated carbocycles. The third-order valence-electron chi connectivity index (χ3n) is 4.64. The summed E-state index contributed by atoms with van der Waals surface area (Å²) in [4.78, 5) is 16.6. The predicted octanol–water partition coefficient (Wildman–Crippen LogP) is 3.88. The average Bonchev–Trinajstić information content (AvgIpc) is 2.57. The number of benzene rings is 1. The third-order valence-corrected chi connectivity index (χ3v) is 4.64. The zero-order chi connectivity index (χ0) is 18.4. The summed E-state index contributed by atoms with van der Waals surface area (Å²) in [5, 5.41) is 0. The van der Waals surface area contributed by atoms with Crippen LogP contribution in [-0.2, 0) is 11.2 Å². The lowest BCUT2D eigenvalue weighted by Gasteiger charge is -2.39. The maximum Gasteiger partial charge on any atom is 0.573 e. The minimum atomic E-state index is -4.70. The SMILES string of the molecule is CCC(CC)N1CCN(C(=O)Cc2ccc(OC(F)(F)F)cc2)CC1.Cl. The van der Waals surface area contributed by atoms with Crippen molar-refractivity contribution in [2.75, 3.05) is 26.2 Å². The van der Waals surface area contributed by atoms with E-state index in [1.54, 1.807) is 0 Å². The van der Waals surface area contributed by atoms with Crippen LogP contribution in [-0.4, -0.2) is 54.3 Å². The summed E-state index contributed by atoms with van der Waals surface area (Å²) in [5.41, 5.74) is 0.682. The van der Waals surface area contributed by atoms with Gasteiger partial charge >= 0.3 is 6.36 Å². The Morgan fingerprint density at radius 2 is 1.62 bits per heavy atom. The van der Waals surface area contributed by atoms with Gasteiger partial charge in [-0.25, -0.2) is 0 Å². The van der Waals surface area contributed by atoms with Gasteiger partial charge in [-0.2, -0.15) is 0 Å². The quantitative estimate of drug-likeness (QED) is 0.734. The second-order valence-electron chi connectivity index (χ2n) is 6.26. The summed E-state index contributed by atoms with van der Waals surface area (Å²) >= 11 is 0. The van der Waals surface area contributed by atoms with Crippen molar-refractivity contribution in [1.29, 1.82) is 0 Å². The molecule has 0 unspecified atom stereocenters. The standard InChI is InChI=1S/C18H25F3N2O2.ClH/c1-3-15(4-2)22-9-11-23(12-10-22)17(24)13-14-5-7-16(8-6-14)25-18(19,20)21;/h5-8,15H,3-4,9-13H2,1-2H3;1H. The highest BCUT2D eigenvalue weighted by atomic mass is 35.5. The number of carbonyl (C=O) groups excluding carboxylic acids is 1. The molecule has 0 radical (unpaired) electrons. The molecule has 2 rings (SSSR count). The van der Waals surface area contributed by atoms with Crippen molar-refractivity contribution in [3.63, 3.8) is 0 Å². The van der Waals surface area contributed by atoms with Gasteiger partial charge < -0.3 is 9.64 Å². The van der Waals surface area contributed by atoms with Gasteiger partial charge in [-0.05, 0) is 30.5 Å². The van der Waals surface area contributed by atoms with Crippen molar-refractivity contribution in [3.8, 4) is 5.75 Å². The smallest absolute Gasteiger partial charge is 0.406 e. The van der Waals surface area contributed by atoms with Crippen LogP contribution in [0.1, 0.15) is 32.3 Å². The van der Waals surface area contributed by atoms with Crippen LogP contribution in [0.25, 0.3) is 0 Å². The number of hydrogen-bond donors (Lipinski definition) is 0. The number of amides is 1. The van der Waals surface area contributed by atoms with Crippen LogP contribution in [0.4, 0.5) is 13.2 Å². The van der Waals surface area contributed by atoms with Crippen LogP contribution in [0.15, 0.2) is 24.3 Å². The molecular weight excluding hydrogens is 369 g/mol. The molecule has 1 saturated heterocycles. The minimum absolute atomic E-state index is 0. The summed E-state index contributed by atoms with van der Waals surface area (Å²) in [6.45, 7) is 7.50. The van der Waals surface area contributed by atoms with Gasteiger partial charge in [0.25, 0.3) is 0 Å². The molecule has 1 amide bonds. The second kappa shape index (κ2) is 10.0. The zero-order valence-corrected chi connectivity index (χ0v) is 15.9. The van der Waals surface area contributed by atoms with E-state index in [0.717, 1.165) is 25.9 Å². The Morgan fingerprint density at radius 3 is 2.08 bits per heavy atom. The Kier molecular flexibility index (Phi) is 8.70. The van der Waals surface area contributed by atoms with Crippen molar-refractivity contribution in [2.45, 2.75) is 45.5 Å². The van der Waals surface area contributed by atoms with Gasteiger partial charge in [0.15, 0.2) is 0 Å². The number of nitrogens with zero attached hydrogens (tertiary/aromatic N) is 2. The largest absolute Gasteiger partial charge is 0.573 e. The number of piperazine rings is 1. The number of alkyl halides is 3. The van der Waals surface area contributed by atoms with Gasteiger partial charge in [-0.3, -0.25) is 9.69 Å². The lowest BCUT2D eigenvalue weighted by Crippen LogP contribution is -2.52. The van der Waals surface area contributed by atoms with Gasteiger partial charge in [-0.1, -0.05) is 26.0 Å². The molecule has 0 aromatic heterocycles. The Labute approximate surface area is 158 Å². The van der Waals surface area contributed by atoms with Crippen LogP contribution >= 0.6 is 12.4 Å². The Hall–Kier alpha value is -1.47. The van der Waals surface area contributed by atoms with E-state index >= 15 is 0 Å². The molecular formula is C18H26ClF3N2O2. The maximum atomic E-state index is 12.4. The molecule has 0 aliphatic carbocycles. The van der Waals surface area contributed by atoms with E-state index in [-0.39, 0.29) is 30.5 Å². The first-order chi connectivity index (χ1) is 11.8. The van der Waals surface area contributed by atoms with Gasteiger partial charge in [0.1, 0.15) is 5.75 Å². The van der Waals surface area contributed by atoms with E-state index in [1.165, 1.54) is 24.3 Å². The topological polar surface area (TPSA) is 32.8 Å².